The fourth-order valence-corrected chi connectivity index (χ4v) is 0.997. The topological polar surface area (TPSA) is 103 Å². The van der Waals surface area contributed by atoms with Crippen molar-refractivity contribution in [3.63, 3.8) is 0 Å². The minimum absolute atomic E-state index is 0.364. The van der Waals surface area contributed by atoms with Gasteiger partial charge < -0.3 is 5.84 Å². The van der Waals surface area contributed by atoms with Crippen molar-refractivity contribution in [3.8, 4) is 0 Å². The van der Waals surface area contributed by atoms with Crippen LogP contribution in [0, 0.1) is 4.77 Å². The third kappa shape index (κ3) is 1.40. The van der Waals surface area contributed by atoms with Crippen LogP contribution < -0.4 is 5.84 Å². The fourth-order valence-electron chi connectivity index (χ4n) is 0.846. The van der Waals surface area contributed by atoms with Gasteiger partial charge in [-0.15, -0.1) is 5.10 Å². The minimum atomic E-state index is 0.364. The molecule has 0 aliphatic heterocycles. The number of H-pyrrole nitrogens is 1. The van der Waals surface area contributed by atoms with Gasteiger partial charge in [0.05, 0.1) is 0 Å². The number of hydrogen-bond donors (Lipinski definition) is 2. The summed E-state index contributed by atoms with van der Waals surface area (Å²) in [5, 5.41) is 17.1. The highest BCUT2D eigenvalue weighted by Crippen LogP contribution is 1.93. The Bertz CT molecular complexity index is 437. The van der Waals surface area contributed by atoms with Crippen molar-refractivity contribution in [2.24, 2.45) is 0 Å². The second-order valence-corrected chi connectivity index (χ2v) is 2.71. The molecule has 9 heteroatoms. The summed E-state index contributed by atoms with van der Waals surface area (Å²) >= 11 is 4.83. The van der Waals surface area contributed by atoms with Gasteiger partial charge in [0.15, 0.2) is 5.82 Å². The van der Waals surface area contributed by atoms with Crippen LogP contribution in [0.4, 0.5) is 0 Å². The van der Waals surface area contributed by atoms with Crippen molar-refractivity contribution in [2.45, 2.75) is 6.54 Å². The molecule has 0 spiro atoms. The molecule has 2 heterocycles. The zero-order chi connectivity index (χ0) is 9.26. The summed E-state index contributed by atoms with van der Waals surface area (Å²) in [5.41, 5.74) is 0. The average Bonchev–Trinajstić information content (AvgIpc) is 2.71. The molecule has 0 amide bonds. The molecule has 0 unspecified atom stereocenters. The summed E-state index contributed by atoms with van der Waals surface area (Å²) < 4.78 is 3.13. The Balaban J connectivity index is 2.29. The molecule has 68 valence electrons. The Morgan fingerprint density at radius 2 is 2.46 bits per heavy atom. The van der Waals surface area contributed by atoms with E-state index in [2.05, 4.69) is 25.7 Å². The monoisotopic (exact) mass is 198 g/mol. The molecule has 0 fully saturated rings. The molecule has 2 rings (SSSR count). The number of tetrazole rings is 1. The van der Waals surface area contributed by atoms with Gasteiger partial charge in [-0.25, -0.2) is 9.36 Å². The Morgan fingerprint density at radius 3 is 3.00 bits per heavy atom. The summed E-state index contributed by atoms with van der Waals surface area (Å²) in [6.07, 6.45) is 1.47. The molecule has 0 radical (unpaired) electrons. The fraction of sp³-hybridized carbons (Fsp3) is 0.250. The third-order valence-electron chi connectivity index (χ3n) is 1.47. The summed E-state index contributed by atoms with van der Waals surface area (Å²) in [7, 11) is 0. The molecule has 0 saturated heterocycles. The average molecular weight is 198 g/mol. The van der Waals surface area contributed by atoms with Gasteiger partial charge in [-0.05, 0) is 22.6 Å². The predicted molar refractivity (Wildman–Crippen MR) is 44.5 cm³/mol. The van der Waals surface area contributed by atoms with E-state index in [0.29, 0.717) is 17.1 Å². The molecule has 0 aliphatic carbocycles. The van der Waals surface area contributed by atoms with E-state index in [1.807, 2.05) is 0 Å². The number of aromatic nitrogens is 7. The van der Waals surface area contributed by atoms with Crippen molar-refractivity contribution in [1.82, 2.24) is 35.1 Å². The van der Waals surface area contributed by atoms with E-state index in [0.717, 1.165) is 0 Å². The van der Waals surface area contributed by atoms with E-state index in [-0.39, 0.29) is 0 Å². The molecule has 3 N–H and O–H groups in total. The number of nitrogens with zero attached hydrogens (tertiary/aromatic N) is 6. The highest BCUT2D eigenvalue weighted by molar-refractivity contribution is 7.71. The van der Waals surface area contributed by atoms with Gasteiger partial charge in [0.25, 0.3) is 0 Å². The van der Waals surface area contributed by atoms with Gasteiger partial charge in [0.1, 0.15) is 12.9 Å². The normalized spacial score (nSPS) is 10.5. The van der Waals surface area contributed by atoms with Crippen LogP contribution in [-0.4, -0.2) is 35.1 Å². The minimum Gasteiger partial charge on any atom is -0.335 e. The van der Waals surface area contributed by atoms with E-state index in [1.54, 1.807) is 0 Å². The van der Waals surface area contributed by atoms with Crippen molar-refractivity contribution in [2.75, 3.05) is 5.84 Å². The van der Waals surface area contributed by atoms with Crippen LogP contribution in [0.2, 0.25) is 0 Å². The maximum absolute atomic E-state index is 5.56. The van der Waals surface area contributed by atoms with Crippen LogP contribution in [0.3, 0.4) is 0 Å². The van der Waals surface area contributed by atoms with Gasteiger partial charge >= 0.3 is 0 Å². The molecule has 13 heavy (non-hydrogen) atoms. The Labute approximate surface area is 77.3 Å². The second kappa shape index (κ2) is 2.94. The van der Waals surface area contributed by atoms with Gasteiger partial charge in [-0.2, -0.15) is 5.10 Å². The maximum Gasteiger partial charge on any atom is 0.214 e. The summed E-state index contributed by atoms with van der Waals surface area (Å²) in [4.78, 5) is 0. The molecule has 0 saturated carbocycles. The number of hydrogen-bond acceptors (Lipinski definition) is 6. The van der Waals surface area contributed by atoms with E-state index in [4.69, 9.17) is 18.1 Å². The van der Waals surface area contributed by atoms with E-state index in [9.17, 15) is 0 Å². The van der Waals surface area contributed by atoms with E-state index < -0.39 is 0 Å². The lowest BCUT2D eigenvalue weighted by Gasteiger charge is -1.97. The first-order valence-corrected chi connectivity index (χ1v) is 3.80. The Hall–Kier alpha value is -1.77. The van der Waals surface area contributed by atoms with Crippen molar-refractivity contribution >= 4 is 12.2 Å². The molecule has 2 aromatic heterocycles. The van der Waals surface area contributed by atoms with E-state index >= 15 is 0 Å². The Morgan fingerprint density at radius 1 is 1.62 bits per heavy atom. The van der Waals surface area contributed by atoms with Crippen LogP contribution in [0.5, 0.6) is 0 Å². The van der Waals surface area contributed by atoms with Crippen molar-refractivity contribution in [1.29, 1.82) is 0 Å². The first-order valence-electron chi connectivity index (χ1n) is 3.39. The van der Waals surface area contributed by atoms with Crippen molar-refractivity contribution < 1.29 is 0 Å². The summed E-state index contributed by atoms with van der Waals surface area (Å²) in [5.74, 6) is 6.12. The lowest BCUT2D eigenvalue weighted by Crippen LogP contribution is -2.15. The largest absolute Gasteiger partial charge is 0.335 e. The molecule has 2 aromatic rings. The maximum atomic E-state index is 5.56. The van der Waals surface area contributed by atoms with Gasteiger partial charge in [0, 0.05) is 0 Å². The summed E-state index contributed by atoms with van der Waals surface area (Å²) in [6, 6.07) is 0. The lowest BCUT2D eigenvalue weighted by atomic mass is 10.6. The highest BCUT2D eigenvalue weighted by Gasteiger charge is 2.03. The van der Waals surface area contributed by atoms with Crippen molar-refractivity contribution in [3.05, 3.63) is 16.9 Å². The molecular formula is C4H6N8S. The molecule has 8 nitrogen and oxygen atoms in total. The molecular weight excluding hydrogens is 192 g/mol. The van der Waals surface area contributed by atoms with Crippen LogP contribution in [0.25, 0.3) is 0 Å². The van der Waals surface area contributed by atoms with Crippen LogP contribution in [-0.2, 0) is 6.54 Å². The number of rotatable bonds is 2. The first kappa shape index (κ1) is 7.86. The van der Waals surface area contributed by atoms with E-state index in [1.165, 1.54) is 15.7 Å². The quantitative estimate of drug-likeness (QED) is 0.458. The molecule has 0 aromatic carbocycles. The number of aromatic amines is 1. The van der Waals surface area contributed by atoms with Gasteiger partial charge in [0.2, 0.25) is 4.77 Å². The molecule has 0 atom stereocenters. The number of nitrogens with one attached hydrogen (secondary N) is 1. The van der Waals surface area contributed by atoms with Crippen LogP contribution in [0.1, 0.15) is 5.82 Å². The SMILES string of the molecule is Nn1c(Cn2cnnn2)n[nH]c1=S. The second-order valence-electron chi connectivity index (χ2n) is 2.32. The zero-order valence-corrected chi connectivity index (χ0v) is 7.27. The molecule has 0 bridgehead atoms. The van der Waals surface area contributed by atoms with Gasteiger partial charge in [-0.3, -0.25) is 5.10 Å². The zero-order valence-electron chi connectivity index (χ0n) is 6.45. The van der Waals surface area contributed by atoms with Crippen LogP contribution >= 0.6 is 12.2 Å². The highest BCUT2D eigenvalue weighted by atomic mass is 32.1. The predicted octanol–water partition coefficient (Wildman–Crippen LogP) is -1.31. The van der Waals surface area contributed by atoms with Crippen LogP contribution in [0.15, 0.2) is 6.33 Å². The first-order chi connectivity index (χ1) is 6.27. The lowest BCUT2D eigenvalue weighted by molar-refractivity contribution is 0.611. The number of nitrogen functional groups attached to an aromatic ring is 1. The standard InChI is InChI=1S/C4H6N8S/c5-12-3(7-8-4(12)13)1-11-2-6-9-10-11/h2H,1,5H2,(H,8,13). The van der Waals surface area contributed by atoms with Gasteiger partial charge in [-0.1, -0.05) is 0 Å². The number of nitrogens with two attached hydrogens (primary N) is 1. The smallest absolute Gasteiger partial charge is 0.214 e. The summed E-state index contributed by atoms with van der Waals surface area (Å²) in [6.45, 7) is 0.386. The Kier molecular flexibility index (Phi) is 1.77. The third-order valence-corrected chi connectivity index (χ3v) is 1.76. The molecule has 0 aliphatic rings.